The summed E-state index contributed by atoms with van der Waals surface area (Å²) in [7, 11) is 0. The number of carboxylic acids is 1. The Morgan fingerprint density at radius 1 is 0.931 bits per heavy atom. The average Bonchev–Trinajstić information content (AvgIpc) is 2.77. The second-order valence-corrected chi connectivity index (χ2v) is 6.25. The summed E-state index contributed by atoms with van der Waals surface area (Å²) < 4.78 is 5.81. The highest BCUT2D eigenvalue weighted by atomic mass is 16.5. The highest BCUT2D eigenvalue weighted by Gasteiger charge is 2.17. The zero-order chi connectivity index (χ0) is 20.6. The van der Waals surface area contributed by atoms with E-state index in [-0.39, 0.29) is 12.2 Å². The molecule has 0 heterocycles. The van der Waals surface area contributed by atoms with E-state index < -0.39 is 18.0 Å². The molecular formula is C22H18N2O5. The van der Waals surface area contributed by atoms with Gasteiger partial charge < -0.3 is 15.2 Å². The lowest BCUT2D eigenvalue weighted by Gasteiger charge is -2.19. The SMILES string of the molecule is O=NC(=O)NC(c1ccccc1)c1cccc(OCc2ccc(C(=O)O)cc2)c1. The van der Waals surface area contributed by atoms with Crippen LogP contribution in [-0.4, -0.2) is 17.1 Å². The van der Waals surface area contributed by atoms with Crippen molar-refractivity contribution in [3.8, 4) is 5.75 Å². The number of carbonyl (C=O) groups excluding carboxylic acids is 1. The highest BCUT2D eigenvalue weighted by molar-refractivity contribution is 5.87. The van der Waals surface area contributed by atoms with Crippen molar-refractivity contribution in [3.63, 3.8) is 0 Å². The molecule has 0 saturated heterocycles. The maximum atomic E-state index is 11.6. The molecule has 7 heteroatoms. The van der Waals surface area contributed by atoms with Crippen molar-refractivity contribution in [1.29, 1.82) is 0 Å². The van der Waals surface area contributed by atoms with Gasteiger partial charge in [0.1, 0.15) is 12.4 Å². The minimum absolute atomic E-state index is 0.209. The lowest BCUT2D eigenvalue weighted by Crippen LogP contribution is -2.26. The van der Waals surface area contributed by atoms with E-state index in [4.69, 9.17) is 9.84 Å². The van der Waals surface area contributed by atoms with Gasteiger partial charge in [-0.1, -0.05) is 54.6 Å². The standard InChI is InChI=1S/C22H18N2O5/c25-21(26)17-11-9-15(10-12-17)14-29-19-8-4-7-18(13-19)20(23-22(27)24-28)16-5-2-1-3-6-16/h1-13,20H,14H2,(H,23,27)(H,25,26). The Morgan fingerprint density at radius 3 is 2.28 bits per heavy atom. The third-order valence-electron chi connectivity index (χ3n) is 4.28. The van der Waals surface area contributed by atoms with Crippen LogP contribution in [0, 0.1) is 4.91 Å². The number of nitrogens with zero attached hydrogens (tertiary/aromatic N) is 1. The number of hydrogen-bond donors (Lipinski definition) is 2. The van der Waals surface area contributed by atoms with Gasteiger partial charge in [-0.2, -0.15) is 0 Å². The molecule has 3 aromatic rings. The summed E-state index contributed by atoms with van der Waals surface area (Å²) in [4.78, 5) is 33.1. The number of nitrogens with one attached hydrogen (secondary N) is 1. The van der Waals surface area contributed by atoms with Crippen molar-refractivity contribution in [1.82, 2.24) is 5.32 Å². The van der Waals surface area contributed by atoms with E-state index in [1.54, 1.807) is 30.3 Å². The number of carboxylic acid groups (broad SMARTS) is 1. The van der Waals surface area contributed by atoms with E-state index in [0.29, 0.717) is 5.75 Å². The van der Waals surface area contributed by atoms with E-state index in [2.05, 4.69) is 10.5 Å². The van der Waals surface area contributed by atoms with Crippen molar-refractivity contribution in [2.24, 2.45) is 5.18 Å². The number of urea groups is 1. The molecule has 2 N–H and O–H groups in total. The van der Waals surface area contributed by atoms with Gasteiger partial charge in [0.2, 0.25) is 0 Å². The first-order valence-corrected chi connectivity index (χ1v) is 8.80. The quantitative estimate of drug-likeness (QED) is 0.577. The first-order chi connectivity index (χ1) is 14.1. The van der Waals surface area contributed by atoms with E-state index in [1.807, 2.05) is 36.4 Å². The van der Waals surface area contributed by atoms with Crippen molar-refractivity contribution in [2.75, 3.05) is 0 Å². The predicted molar refractivity (Wildman–Crippen MR) is 107 cm³/mol. The normalized spacial score (nSPS) is 11.3. The largest absolute Gasteiger partial charge is 0.489 e. The van der Waals surface area contributed by atoms with Crippen LogP contribution in [0.5, 0.6) is 5.75 Å². The fourth-order valence-corrected chi connectivity index (χ4v) is 2.85. The molecule has 2 amide bonds. The summed E-state index contributed by atoms with van der Waals surface area (Å²) in [5, 5.41) is 14.0. The molecule has 7 nitrogen and oxygen atoms in total. The van der Waals surface area contributed by atoms with Crippen LogP contribution in [0.4, 0.5) is 4.79 Å². The summed E-state index contributed by atoms with van der Waals surface area (Å²) in [5.41, 5.74) is 2.55. The van der Waals surface area contributed by atoms with E-state index in [9.17, 15) is 14.5 Å². The van der Waals surface area contributed by atoms with Crippen LogP contribution < -0.4 is 10.1 Å². The van der Waals surface area contributed by atoms with Crippen LogP contribution in [0.1, 0.15) is 33.1 Å². The van der Waals surface area contributed by atoms with Crippen molar-refractivity contribution in [3.05, 3.63) is 106 Å². The van der Waals surface area contributed by atoms with Gasteiger partial charge in [-0.15, -0.1) is 4.91 Å². The zero-order valence-electron chi connectivity index (χ0n) is 15.3. The fraction of sp³-hybridized carbons (Fsp3) is 0.0909. The second-order valence-electron chi connectivity index (χ2n) is 6.25. The molecule has 0 radical (unpaired) electrons. The molecule has 0 saturated carbocycles. The highest BCUT2D eigenvalue weighted by Crippen LogP contribution is 2.26. The van der Waals surface area contributed by atoms with Gasteiger partial charge in [-0.3, -0.25) is 0 Å². The number of carbonyl (C=O) groups is 2. The second kappa shape index (κ2) is 9.27. The topological polar surface area (TPSA) is 105 Å². The number of nitroso groups, excluding NO2 is 1. The van der Waals surface area contributed by atoms with Gasteiger partial charge in [0.05, 0.1) is 11.6 Å². The fourth-order valence-electron chi connectivity index (χ4n) is 2.85. The van der Waals surface area contributed by atoms with Crippen LogP contribution in [0.3, 0.4) is 0 Å². The summed E-state index contributed by atoms with van der Waals surface area (Å²) in [6.45, 7) is 0.252. The molecule has 0 bridgehead atoms. The summed E-state index contributed by atoms with van der Waals surface area (Å²) in [6, 6.07) is 21.3. The number of amides is 2. The molecule has 0 aliphatic heterocycles. The van der Waals surface area contributed by atoms with Crippen molar-refractivity contribution >= 4 is 12.0 Å². The number of hydrogen-bond acceptors (Lipinski definition) is 4. The average molecular weight is 390 g/mol. The Morgan fingerprint density at radius 2 is 1.62 bits per heavy atom. The molecule has 29 heavy (non-hydrogen) atoms. The van der Waals surface area contributed by atoms with Crippen molar-refractivity contribution in [2.45, 2.75) is 12.6 Å². The van der Waals surface area contributed by atoms with Crippen LogP contribution in [0.2, 0.25) is 0 Å². The van der Waals surface area contributed by atoms with Crippen LogP contribution >= 0.6 is 0 Å². The van der Waals surface area contributed by atoms with Crippen molar-refractivity contribution < 1.29 is 19.4 Å². The zero-order valence-corrected chi connectivity index (χ0v) is 15.3. The van der Waals surface area contributed by atoms with Crippen LogP contribution in [0.25, 0.3) is 0 Å². The molecule has 0 spiro atoms. The molecule has 3 aromatic carbocycles. The van der Waals surface area contributed by atoms with Gasteiger partial charge >= 0.3 is 12.0 Å². The maximum Gasteiger partial charge on any atom is 0.379 e. The minimum Gasteiger partial charge on any atom is -0.489 e. The van der Waals surface area contributed by atoms with Gasteiger partial charge in [0, 0.05) is 5.18 Å². The molecule has 0 aliphatic rings. The number of benzene rings is 3. The van der Waals surface area contributed by atoms with Crippen LogP contribution in [-0.2, 0) is 6.61 Å². The molecule has 3 rings (SSSR count). The van der Waals surface area contributed by atoms with E-state index >= 15 is 0 Å². The first kappa shape index (κ1) is 19.8. The minimum atomic E-state index is -0.982. The molecule has 0 fully saturated rings. The Balaban J connectivity index is 1.78. The maximum absolute atomic E-state index is 11.6. The number of aromatic carboxylic acids is 1. The van der Waals surface area contributed by atoms with Gasteiger partial charge in [0.15, 0.2) is 0 Å². The van der Waals surface area contributed by atoms with Crippen LogP contribution in [0.15, 0.2) is 84.0 Å². The smallest absolute Gasteiger partial charge is 0.379 e. The molecule has 1 atom stereocenters. The molecule has 1 unspecified atom stereocenters. The summed E-state index contributed by atoms with van der Waals surface area (Å²) in [5.74, 6) is -0.414. The Labute approximate surface area is 166 Å². The molecule has 0 aliphatic carbocycles. The number of ether oxygens (including phenoxy) is 1. The predicted octanol–water partition coefficient (Wildman–Crippen LogP) is 4.53. The monoisotopic (exact) mass is 390 g/mol. The summed E-state index contributed by atoms with van der Waals surface area (Å²) >= 11 is 0. The summed E-state index contributed by atoms with van der Waals surface area (Å²) in [6.07, 6.45) is 0. The molecular weight excluding hydrogens is 372 g/mol. The van der Waals surface area contributed by atoms with E-state index in [1.165, 1.54) is 12.1 Å². The third-order valence-corrected chi connectivity index (χ3v) is 4.28. The third kappa shape index (κ3) is 5.26. The van der Waals surface area contributed by atoms with E-state index in [0.717, 1.165) is 16.7 Å². The Kier molecular flexibility index (Phi) is 6.32. The van der Waals surface area contributed by atoms with Gasteiger partial charge in [-0.25, -0.2) is 9.59 Å². The molecule has 0 aromatic heterocycles. The molecule has 146 valence electrons. The first-order valence-electron chi connectivity index (χ1n) is 8.80. The Hall–Kier alpha value is -4.00. The van der Waals surface area contributed by atoms with Gasteiger partial charge in [-0.05, 0) is 41.0 Å². The lowest BCUT2D eigenvalue weighted by molar-refractivity contribution is 0.0696. The lowest BCUT2D eigenvalue weighted by atomic mass is 9.98. The Bertz CT molecular complexity index is 1000. The number of rotatable bonds is 7. The van der Waals surface area contributed by atoms with Gasteiger partial charge in [0.25, 0.3) is 0 Å².